The van der Waals surface area contributed by atoms with E-state index in [4.69, 9.17) is 28.9 Å². The molecule has 0 saturated heterocycles. The van der Waals surface area contributed by atoms with E-state index < -0.39 is 11.5 Å². The van der Waals surface area contributed by atoms with Crippen LogP contribution < -0.4 is 5.56 Å². The molecule has 7 heteroatoms. The zero-order valence-electron chi connectivity index (χ0n) is 10.5. The second kappa shape index (κ2) is 5.60. The highest BCUT2D eigenvalue weighted by Crippen LogP contribution is 2.14. The number of aromatic nitrogens is 2. The second-order valence-electron chi connectivity index (χ2n) is 4.22. The molecule has 2 rings (SSSR count). The number of nitrogens with zero attached hydrogens (tertiary/aromatic N) is 1. The fourth-order valence-electron chi connectivity index (χ4n) is 1.89. The van der Waals surface area contributed by atoms with Crippen molar-refractivity contribution >= 4 is 29.8 Å². The molecule has 1 heterocycles. The predicted molar refractivity (Wildman–Crippen MR) is 78.3 cm³/mol. The first kappa shape index (κ1) is 14.5. The Morgan fingerprint density at radius 1 is 1.50 bits per heavy atom. The van der Waals surface area contributed by atoms with Crippen LogP contribution in [0.1, 0.15) is 11.3 Å². The Morgan fingerprint density at radius 3 is 2.80 bits per heavy atom. The van der Waals surface area contributed by atoms with Gasteiger partial charge in [-0.25, -0.2) is 0 Å². The van der Waals surface area contributed by atoms with Crippen LogP contribution in [0.4, 0.5) is 0 Å². The molecular weight excluding hydrogens is 300 g/mol. The van der Waals surface area contributed by atoms with Gasteiger partial charge in [0, 0.05) is 16.3 Å². The molecule has 0 bridgehead atoms. The quantitative estimate of drug-likeness (QED) is 0.854. The van der Waals surface area contributed by atoms with Crippen molar-refractivity contribution < 1.29 is 9.90 Å². The van der Waals surface area contributed by atoms with Crippen LogP contribution in [0.3, 0.4) is 0 Å². The van der Waals surface area contributed by atoms with Crippen LogP contribution in [0.25, 0.3) is 5.69 Å². The number of carboxylic acid groups (broad SMARTS) is 1. The van der Waals surface area contributed by atoms with E-state index in [9.17, 15) is 9.59 Å². The predicted octanol–water partition coefficient (Wildman–Crippen LogP) is 2.48. The van der Waals surface area contributed by atoms with Crippen LogP contribution in [0.2, 0.25) is 5.02 Å². The Bertz CT molecular complexity index is 795. The Morgan fingerprint density at radius 2 is 2.20 bits per heavy atom. The van der Waals surface area contributed by atoms with Crippen molar-refractivity contribution in [1.82, 2.24) is 9.55 Å². The minimum Gasteiger partial charge on any atom is -0.481 e. The molecule has 0 spiro atoms. The number of hydrogen-bond donors (Lipinski definition) is 2. The average Bonchev–Trinajstić information content (AvgIpc) is 2.34. The molecule has 0 saturated carbocycles. The van der Waals surface area contributed by atoms with Gasteiger partial charge in [-0.3, -0.25) is 14.2 Å². The summed E-state index contributed by atoms with van der Waals surface area (Å²) in [6, 6.07) is 6.63. The zero-order valence-corrected chi connectivity index (χ0v) is 12.1. The third-order valence-electron chi connectivity index (χ3n) is 2.81. The van der Waals surface area contributed by atoms with Gasteiger partial charge in [0.05, 0.1) is 12.1 Å². The van der Waals surface area contributed by atoms with Gasteiger partial charge in [0.1, 0.15) is 0 Å². The third-order valence-corrected chi connectivity index (χ3v) is 3.33. The Balaban J connectivity index is 2.74. The first-order valence-electron chi connectivity index (χ1n) is 5.72. The normalized spacial score (nSPS) is 10.5. The molecule has 2 aromatic rings. The van der Waals surface area contributed by atoms with Crippen LogP contribution in [-0.4, -0.2) is 20.6 Å². The van der Waals surface area contributed by atoms with Gasteiger partial charge in [0.15, 0.2) is 4.77 Å². The van der Waals surface area contributed by atoms with Gasteiger partial charge in [-0.15, -0.1) is 0 Å². The molecule has 1 aromatic carbocycles. The van der Waals surface area contributed by atoms with Crippen molar-refractivity contribution in [3.8, 4) is 5.69 Å². The third kappa shape index (κ3) is 2.81. The Labute approximate surface area is 124 Å². The number of carboxylic acids is 1. The summed E-state index contributed by atoms with van der Waals surface area (Å²) < 4.78 is 1.44. The summed E-state index contributed by atoms with van der Waals surface area (Å²) >= 11 is 11.0. The van der Waals surface area contributed by atoms with Crippen molar-refractivity contribution in [2.24, 2.45) is 0 Å². The van der Waals surface area contributed by atoms with Gasteiger partial charge in [-0.2, -0.15) is 0 Å². The van der Waals surface area contributed by atoms with Crippen LogP contribution in [-0.2, 0) is 11.2 Å². The summed E-state index contributed by atoms with van der Waals surface area (Å²) in [5.41, 5.74) is 0.679. The number of halogens is 1. The smallest absolute Gasteiger partial charge is 0.308 e. The van der Waals surface area contributed by atoms with Gasteiger partial charge >= 0.3 is 5.97 Å². The molecule has 0 unspecified atom stereocenters. The van der Waals surface area contributed by atoms with Crippen molar-refractivity contribution in [3.05, 3.63) is 55.7 Å². The van der Waals surface area contributed by atoms with Crippen LogP contribution >= 0.6 is 23.8 Å². The maximum absolute atomic E-state index is 12.4. The highest BCUT2D eigenvalue weighted by atomic mass is 35.5. The topological polar surface area (TPSA) is 75.1 Å². The molecule has 2 N–H and O–H groups in total. The van der Waals surface area contributed by atoms with E-state index in [0.29, 0.717) is 16.4 Å². The lowest BCUT2D eigenvalue weighted by Gasteiger charge is -2.10. The summed E-state index contributed by atoms with van der Waals surface area (Å²) in [4.78, 5) is 26.1. The van der Waals surface area contributed by atoms with Gasteiger partial charge in [-0.1, -0.05) is 17.7 Å². The van der Waals surface area contributed by atoms with Gasteiger partial charge in [0.25, 0.3) is 5.56 Å². The molecule has 0 aliphatic rings. The number of aromatic amines is 1. The first-order chi connectivity index (χ1) is 9.40. The number of benzene rings is 1. The van der Waals surface area contributed by atoms with Crippen molar-refractivity contribution in [2.45, 2.75) is 13.3 Å². The van der Waals surface area contributed by atoms with E-state index in [1.54, 1.807) is 31.2 Å². The minimum absolute atomic E-state index is 0.172. The molecule has 1 aromatic heterocycles. The molecule has 0 fully saturated rings. The maximum Gasteiger partial charge on any atom is 0.308 e. The summed E-state index contributed by atoms with van der Waals surface area (Å²) in [6.07, 6.45) is -0.364. The number of carbonyl (C=O) groups is 1. The molecule has 20 heavy (non-hydrogen) atoms. The van der Waals surface area contributed by atoms with E-state index >= 15 is 0 Å². The van der Waals surface area contributed by atoms with Crippen molar-refractivity contribution in [1.29, 1.82) is 0 Å². The molecule has 5 nitrogen and oxygen atoms in total. The van der Waals surface area contributed by atoms with Crippen molar-refractivity contribution in [3.63, 3.8) is 0 Å². The summed E-state index contributed by atoms with van der Waals surface area (Å²) in [7, 11) is 0. The molecule has 0 radical (unpaired) electrons. The molecule has 0 aliphatic heterocycles. The maximum atomic E-state index is 12.4. The monoisotopic (exact) mass is 310 g/mol. The lowest BCUT2D eigenvalue weighted by atomic mass is 10.1. The Hall–Kier alpha value is -1.92. The molecule has 0 atom stereocenters. The second-order valence-corrected chi connectivity index (χ2v) is 5.05. The summed E-state index contributed by atoms with van der Waals surface area (Å²) in [6.45, 7) is 1.62. The van der Waals surface area contributed by atoms with Gasteiger partial charge in [-0.05, 0) is 37.3 Å². The first-order valence-corrected chi connectivity index (χ1v) is 6.51. The van der Waals surface area contributed by atoms with Gasteiger partial charge < -0.3 is 10.1 Å². The highest BCUT2D eigenvalue weighted by molar-refractivity contribution is 7.71. The van der Waals surface area contributed by atoms with E-state index in [1.807, 2.05) is 0 Å². The zero-order chi connectivity index (χ0) is 14.9. The lowest BCUT2D eigenvalue weighted by Crippen LogP contribution is -2.27. The number of aliphatic carboxylic acids is 1. The number of H-pyrrole nitrogens is 1. The van der Waals surface area contributed by atoms with Crippen LogP contribution in [0.5, 0.6) is 0 Å². The van der Waals surface area contributed by atoms with E-state index in [0.717, 1.165) is 0 Å². The fourth-order valence-corrected chi connectivity index (χ4v) is 2.41. The molecule has 0 aliphatic carbocycles. The molecule has 0 amide bonds. The largest absolute Gasteiger partial charge is 0.481 e. The number of rotatable bonds is 3. The lowest BCUT2D eigenvalue weighted by molar-refractivity contribution is -0.136. The Kier molecular flexibility index (Phi) is 4.06. The number of nitrogens with one attached hydrogen (secondary N) is 1. The van der Waals surface area contributed by atoms with E-state index in [2.05, 4.69) is 4.98 Å². The fraction of sp³-hybridized carbons (Fsp3) is 0.154. The number of hydrogen-bond acceptors (Lipinski definition) is 3. The molecular formula is C13H11ClN2O3S. The number of aryl methyl sites for hydroxylation is 1. The standard InChI is InChI=1S/C13H11ClN2O3S/c1-7-10(6-11(17)18)12(19)16(13(20)15-7)9-4-2-3-8(14)5-9/h2-5H,6H2,1H3,(H,15,20)(H,17,18). The van der Waals surface area contributed by atoms with E-state index in [1.165, 1.54) is 4.57 Å². The average molecular weight is 311 g/mol. The van der Waals surface area contributed by atoms with Crippen LogP contribution in [0.15, 0.2) is 29.1 Å². The minimum atomic E-state index is -1.08. The van der Waals surface area contributed by atoms with Crippen LogP contribution in [0, 0.1) is 11.7 Å². The van der Waals surface area contributed by atoms with Crippen molar-refractivity contribution in [2.75, 3.05) is 0 Å². The highest BCUT2D eigenvalue weighted by Gasteiger charge is 2.14. The summed E-state index contributed by atoms with van der Waals surface area (Å²) in [5.74, 6) is -1.08. The van der Waals surface area contributed by atoms with Gasteiger partial charge in [0.2, 0.25) is 0 Å². The SMILES string of the molecule is Cc1[nH]c(=S)n(-c2cccc(Cl)c2)c(=O)c1CC(=O)O. The summed E-state index contributed by atoms with van der Waals surface area (Å²) in [5, 5.41) is 9.34. The van der Waals surface area contributed by atoms with E-state index in [-0.39, 0.29) is 16.8 Å². The molecule has 104 valence electrons.